The zero-order valence-electron chi connectivity index (χ0n) is 10.2. The van der Waals surface area contributed by atoms with Gasteiger partial charge in [-0.3, -0.25) is 4.79 Å². The Morgan fingerprint density at radius 3 is 1.39 bits per heavy atom. The minimum absolute atomic E-state index is 1.80. The molecule has 2 aromatic rings. The highest BCUT2D eigenvalue weighted by Crippen LogP contribution is 2.44. The summed E-state index contributed by atoms with van der Waals surface area (Å²) in [4.78, 5) is 11.0. The van der Waals surface area contributed by atoms with E-state index in [1.165, 1.54) is 0 Å². The standard InChI is InChI=1S/C12Cl3F7O/c13-11(23)12(14,15)3-4(16)1-2(5(17)8(3)20)7(19)10(22)9(21)6(1)18. The quantitative estimate of drug-likeness (QED) is 0.223. The largest absolute Gasteiger partial charge is 0.277 e. The van der Waals surface area contributed by atoms with E-state index in [1.807, 2.05) is 0 Å². The molecule has 0 fully saturated rings. The van der Waals surface area contributed by atoms with Gasteiger partial charge in [0.25, 0.3) is 5.24 Å². The number of fused-ring (bicyclic) bond motifs is 1. The van der Waals surface area contributed by atoms with Crippen LogP contribution < -0.4 is 0 Å². The Morgan fingerprint density at radius 2 is 1.00 bits per heavy atom. The molecular weight excluding hydrogens is 399 g/mol. The van der Waals surface area contributed by atoms with E-state index < -0.39 is 66.6 Å². The van der Waals surface area contributed by atoms with Gasteiger partial charge in [0.15, 0.2) is 34.9 Å². The summed E-state index contributed by atoms with van der Waals surface area (Å²) in [5, 5.41) is -5.48. The molecule has 0 N–H and O–H groups in total. The Morgan fingerprint density at radius 1 is 0.652 bits per heavy atom. The molecule has 0 aliphatic rings. The monoisotopic (exact) mass is 398 g/mol. The topological polar surface area (TPSA) is 17.1 Å². The van der Waals surface area contributed by atoms with E-state index in [4.69, 9.17) is 34.8 Å². The summed E-state index contributed by atoms with van der Waals surface area (Å²) in [6, 6.07) is 0. The van der Waals surface area contributed by atoms with Crippen LogP contribution in [0.25, 0.3) is 10.8 Å². The van der Waals surface area contributed by atoms with Crippen LogP contribution in [-0.2, 0) is 9.13 Å². The molecule has 0 radical (unpaired) electrons. The molecule has 0 saturated carbocycles. The Labute approximate surface area is 137 Å². The minimum Gasteiger partial charge on any atom is -0.277 e. The van der Waals surface area contributed by atoms with Crippen LogP contribution in [0.15, 0.2) is 0 Å². The van der Waals surface area contributed by atoms with Gasteiger partial charge in [-0.25, -0.2) is 30.7 Å². The van der Waals surface area contributed by atoms with E-state index in [9.17, 15) is 35.5 Å². The zero-order valence-corrected chi connectivity index (χ0v) is 12.5. The molecule has 0 saturated heterocycles. The molecule has 0 aliphatic heterocycles. The van der Waals surface area contributed by atoms with Gasteiger partial charge in [-0.2, -0.15) is 0 Å². The highest BCUT2D eigenvalue weighted by molar-refractivity contribution is 6.77. The van der Waals surface area contributed by atoms with Crippen LogP contribution in [0.2, 0.25) is 0 Å². The number of alkyl halides is 2. The molecular formula is C12Cl3F7O. The van der Waals surface area contributed by atoms with Gasteiger partial charge in [0, 0.05) is 0 Å². The van der Waals surface area contributed by atoms with Crippen molar-refractivity contribution >= 4 is 50.8 Å². The molecule has 2 rings (SSSR count). The predicted molar refractivity (Wildman–Crippen MR) is 67.9 cm³/mol. The van der Waals surface area contributed by atoms with Crippen molar-refractivity contribution < 1.29 is 35.5 Å². The molecule has 2 aromatic carbocycles. The van der Waals surface area contributed by atoms with Gasteiger partial charge in [-0.15, -0.1) is 0 Å². The van der Waals surface area contributed by atoms with Gasteiger partial charge >= 0.3 is 0 Å². The zero-order chi connectivity index (χ0) is 17.9. The number of carbonyl (C=O) groups excluding carboxylic acids is 1. The third kappa shape index (κ3) is 2.43. The molecule has 0 aliphatic carbocycles. The maximum atomic E-state index is 14.2. The first-order valence-corrected chi connectivity index (χ1v) is 6.48. The number of rotatable bonds is 2. The Balaban J connectivity index is 3.17. The van der Waals surface area contributed by atoms with Crippen LogP contribution in [0.4, 0.5) is 30.7 Å². The molecule has 11 heteroatoms. The van der Waals surface area contributed by atoms with Crippen molar-refractivity contribution in [3.05, 3.63) is 46.3 Å². The summed E-state index contributed by atoms with van der Waals surface area (Å²) in [7, 11) is 0. The van der Waals surface area contributed by atoms with Crippen molar-refractivity contribution in [2.45, 2.75) is 4.33 Å². The van der Waals surface area contributed by atoms with E-state index in [-0.39, 0.29) is 0 Å². The summed E-state index contributed by atoms with van der Waals surface area (Å²) in [6.07, 6.45) is 0. The van der Waals surface area contributed by atoms with Gasteiger partial charge in [0.2, 0.25) is 4.33 Å². The number of halogens is 10. The Bertz CT molecular complexity index is 866. The molecule has 124 valence electrons. The second-order valence-electron chi connectivity index (χ2n) is 4.17. The van der Waals surface area contributed by atoms with E-state index in [1.54, 1.807) is 0 Å². The Hall–Kier alpha value is -1.25. The number of carbonyl (C=O) groups is 1. The van der Waals surface area contributed by atoms with E-state index in [2.05, 4.69) is 0 Å². The highest BCUT2D eigenvalue weighted by atomic mass is 35.5. The van der Waals surface area contributed by atoms with Gasteiger partial charge in [0.1, 0.15) is 5.82 Å². The summed E-state index contributed by atoms with van der Waals surface area (Å²) in [6.45, 7) is 0. The molecule has 0 heterocycles. The summed E-state index contributed by atoms with van der Waals surface area (Å²) < 4.78 is 92.3. The summed E-state index contributed by atoms with van der Waals surface area (Å²) >= 11 is 15.5. The second kappa shape index (κ2) is 5.68. The van der Waals surface area contributed by atoms with Crippen molar-refractivity contribution in [1.29, 1.82) is 0 Å². The average Bonchev–Trinajstić information content (AvgIpc) is 2.46. The minimum atomic E-state index is -3.24. The molecule has 0 bridgehead atoms. The third-order valence-electron chi connectivity index (χ3n) is 2.90. The van der Waals surface area contributed by atoms with Crippen LogP contribution in [-0.4, -0.2) is 5.24 Å². The number of hydrogen-bond donors (Lipinski definition) is 0. The lowest BCUT2D eigenvalue weighted by Crippen LogP contribution is -2.24. The van der Waals surface area contributed by atoms with E-state index in [0.29, 0.717) is 0 Å². The van der Waals surface area contributed by atoms with E-state index >= 15 is 0 Å². The highest BCUT2D eigenvalue weighted by Gasteiger charge is 2.43. The van der Waals surface area contributed by atoms with Gasteiger partial charge in [-0.1, -0.05) is 23.2 Å². The lowest BCUT2D eigenvalue weighted by molar-refractivity contribution is -0.112. The average molecular weight is 399 g/mol. The van der Waals surface area contributed by atoms with Crippen molar-refractivity contribution in [1.82, 2.24) is 0 Å². The van der Waals surface area contributed by atoms with Crippen molar-refractivity contribution in [3.8, 4) is 0 Å². The van der Waals surface area contributed by atoms with Crippen molar-refractivity contribution in [2.24, 2.45) is 0 Å². The SMILES string of the molecule is O=C(Cl)C(Cl)(Cl)c1c(F)c(F)c2c(F)c(F)c(F)c(F)c2c1F. The predicted octanol–water partition coefficient (Wildman–Crippen LogP) is 5.21. The second-order valence-corrected chi connectivity index (χ2v) is 5.84. The summed E-state index contributed by atoms with van der Waals surface area (Å²) in [5.74, 6) is -16.6. The fourth-order valence-corrected chi connectivity index (χ4v) is 2.29. The van der Waals surface area contributed by atoms with Crippen molar-refractivity contribution in [2.75, 3.05) is 0 Å². The molecule has 0 spiro atoms. The first-order chi connectivity index (χ1) is 10.4. The number of hydrogen-bond acceptors (Lipinski definition) is 1. The molecule has 0 aromatic heterocycles. The van der Waals surface area contributed by atoms with Gasteiger partial charge in [0.05, 0.1) is 16.3 Å². The Kier molecular flexibility index (Phi) is 4.47. The van der Waals surface area contributed by atoms with Crippen LogP contribution in [0.3, 0.4) is 0 Å². The smallest absolute Gasteiger partial charge is 0.262 e. The maximum absolute atomic E-state index is 14.2. The first-order valence-electron chi connectivity index (χ1n) is 5.34. The molecule has 1 nitrogen and oxygen atoms in total. The van der Waals surface area contributed by atoms with Gasteiger partial charge in [-0.05, 0) is 11.6 Å². The van der Waals surface area contributed by atoms with Crippen molar-refractivity contribution in [3.63, 3.8) is 0 Å². The first kappa shape index (κ1) is 18.1. The van der Waals surface area contributed by atoms with Crippen LogP contribution in [0, 0.1) is 40.7 Å². The fraction of sp³-hybridized carbons (Fsp3) is 0.0833. The maximum Gasteiger partial charge on any atom is 0.262 e. The van der Waals surface area contributed by atoms with Crippen LogP contribution in [0.1, 0.15) is 5.56 Å². The molecule has 0 atom stereocenters. The lowest BCUT2D eigenvalue weighted by atomic mass is 10.0. The number of benzene rings is 2. The molecule has 0 unspecified atom stereocenters. The lowest BCUT2D eigenvalue weighted by Gasteiger charge is -2.19. The van der Waals surface area contributed by atoms with E-state index in [0.717, 1.165) is 0 Å². The van der Waals surface area contributed by atoms with Crippen LogP contribution in [0.5, 0.6) is 0 Å². The normalized spacial score (nSPS) is 12.1. The van der Waals surface area contributed by atoms with Crippen LogP contribution >= 0.6 is 34.8 Å². The van der Waals surface area contributed by atoms with Gasteiger partial charge < -0.3 is 0 Å². The molecule has 0 amide bonds. The summed E-state index contributed by atoms with van der Waals surface area (Å²) in [5.41, 5.74) is -1.80. The fourth-order valence-electron chi connectivity index (χ4n) is 1.86. The third-order valence-corrected chi connectivity index (χ3v) is 4.10. The molecule has 23 heavy (non-hydrogen) atoms.